The highest BCUT2D eigenvalue weighted by molar-refractivity contribution is 7.91. The van der Waals surface area contributed by atoms with E-state index < -0.39 is 44.8 Å². The summed E-state index contributed by atoms with van der Waals surface area (Å²) in [5.74, 6) is -5.89. The van der Waals surface area contributed by atoms with Crippen LogP contribution in [0.1, 0.15) is 22.0 Å². The lowest BCUT2D eigenvalue weighted by Crippen LogP contribution is -2.29. The van der Waals surface area contributed by atoms with Gasteiger partial charge in [0.15, 0.2) is 27.3 Å². The molecule has 1 aliphatic heterocycles. The van der Waals surface area contributed by atoms with Crippen LogP contribution in [-0.2, 0) is 9.84 Å². The monoisotopic (exact) mass is 341 g/mol. The molecule has 8 heteroatoms. The van der Waals surface area contributed by atoms with E-state index >= 15 is 0 Å². The van der Waals surface area contributed by atoms with Crippen molar-refractivity contribution in [1.82, 2.24) is 5.32 Å². The predicted octanol–water partition coefficient (Wildman–Crippen LogP) is 2.36. The Balaban J connectivity index is 1.91. The average molecular weight is 341 g/mol. The van der Waals surface area contributed by atoms with Crippen LogP contribution in [0, 0.1) is 17.5 Å². The summed E-state index contributed by atoms with van der Waals surface area (Å²) in [5.41, 5.74) is -0.0212. The van der Waals surface area contributed by atoms with E-state index in [0.29, 0.717) is 17.7 Å². The highest BCUT2D eigenvalue weighted by atomic mass is 32.2. The summed E-state index contributed by atoms with van der Waals surface area (Å²) in [6.07, 6.45) is 0. The van der Waals surface area contributed by atoms with Gasteiger partial charge in [0.2, 0.25) is 0 Å². The third-order valence-electron chi connectivity index (χ3n) is 3.57. The summed E-state index contributed by atoms with van der Waals surface area (Å²) in [6, 6.07) is 6.44. The first kappa shape index (κ1) is 15.5. The molecule has 2 aromatic rings. The third-order valence-corrected chi connectivity index (χ3v) is 5.38. The van der Waals surface area contributed by atoms with Gasteiger partial charge in [-0.05, 0) is 23.8 Å². The summed E-state index contributed by atoms with van der Waals surface area (Å²) in [6.45, 7) is 0. The largest absolute Gasteiger partial charge is 0.344 e. The van der Waals surface area contributed by atoms with Gasteiger partial charge in [-0.15, -0.1) is 0 Å². The van der Waals surface area contributed by atoms with E-state index in [4.69, 9.17) is 0 Å². The van der Waals surface area contributed by atoms with Gasteiger partial charge < -0.3 is 5.32 Å². The highest BCUT2D eigenvalue weighted by Crippen LogP contribution is 2.33. The molecule has 1 aliphatic rings. The normalized spacial score (nSPS) is 18.5. The molecule has 120 valence electrons. The summed E-state index contributed by atoms with van der Waals surface area (Å²) >= 11 is 0. The summed E-state index contributed by atoms with van der Waals surface area (Å²) < 4.78 is 63.3. The highest BCUT2D eigenvalue weighted by Gasteiger charge is 2.35. The van der Waals surface area contributed by atoms with Crippen LogP contribution in [0.25, 0.3) is 0 Å². The van der Waals surface area contributed by atoms with Crippen molar-refractivity contribution >= 4 is 15.7 Å². The van der Waals surface area contributed by atoms with E-state index in [9.17, 15) is 26.4 Å². The number of halogens is 3. The first-order valence-corrected chi connectivity index (χ1v) is 8.22. The van der Waals surface area contributed by atoms with Crippen molar-refractivity contribution in [2.75, 3.05) is 5.75 Å². The number of carbonyl (C=O) groups is 1. The molecule has 0 aliphatic carbocycles. The third kappa shape index (κ3) is 2.70. The Kier molecular flexibility index (Phi) is 3.63. The number of carbonyl (C=O) groups excluding carboxylic acids is 1. The van der Waals surface area contributed by atoms with Crippen LogP contribution in [0.4, 0.5) is 13.2 Å². The molecule has 1 amide bonds. The minimum Gasteiger partial charge on any atom is -0.344 e. The number of sulfone groups is 1. The van der Waals surface area contributed by atoms with Gasteiger partial charge in [0.05, 0.1) is 16.7 Å². The van der Waals surface area contributed by atoms with E-state index in [1.165, 1.54) is 6.07 Å². The molecule has 1 atom stereocenters. The Morgan fingerprint density at radius 2 is 1.70 bits per heavy atom. The number of rotatable bonds is 2. The number of fused-ring (bicyclic) bond motifs is 1. The minimum atomic E-state index is -3.53. The van der Waals surface area contributed by atoms with E-state index in [-0.39, 0.29) is 10.6 Å². The van der Waals surface area contributed by atoms with Crippen LogP contribution in [0.5, 0.6) is 0 Å². The van der Waals surface area contributed by atoms with Gasteiger partial charge in [-0.3, -0.25) is 4.79 Å². The van der Waals surface area contributed by atoms with Crippen LogP contribution in [-0.4, -0.2) is 20.1 Å². The first-order chi connectivity index (χ1) is 10.8. The van der Waals surface area contributed by atoms with E-state index in [2.05, 4.69) is 5.32 Å². The molecule has 0 spiro atoms. The van der Waals surface area contributed by atoms with Crippen molar-refractivity contribution in [3.8, 4) is 0 Å². The predicted molar refractivity (Wildman–Crippen MR) is 75.0 cm³/mol. The maximum atomic E-state index is 13.2. The van der Waals surface area contributed by atoms with Crippen molar-refractivity contribution in [1.29, 1.82) is 0 Å². The summed E-state index contributed by atoms with van der Waals surface area (Å²) in [4.78, 5) is 12.2. The van der Waals surface area contributed by atoms with Gasteiger partial charge in [0, 0.05) is 5.56 Å². The van der Waals surface area contributed by atoms with Crippen molar-refractivity contribution in [3.63, 3.8) is 0 Å². The number of hydrogen-bond donors (Lipinski definition) is 1. The van der Waals surface area contributed by atoms with Crippen LogP contribution in [0.3, 0.4) is 0 Å². The van der Waals surface area contributed by atoms with Crippen molar-refractivity contribution < 1.29 is 26.4 Å². The van der Waals surface area contributed by atoms with Gasteiger partial charge in [-0.2, -0.15) is 0 Å². The number of amides is 1. The molecule has 0 saturated heterocycles. The van der Waals surface area contributed by atoms with Gasteiger partial charge in [-0.1, -0.05) is 18.2 Å². The fourth-order valence-electron chi connectivity index (χ4n) is 2.50. The molecule has 23 heavy (non-hydrogen) atoms. The second kappa shape index (κ2) is 5.38. The van der Waals surface area contributed by atoms with Crippen molar-refractivity contribution in [2.45, 2.75) is 10.9 Å². The van der Waals surface area contributed by atoms with Crippen LogP contribution in [0.2, 0.25) is 0 Å². The number of hydrogen-bond acceptors (Lipinski definition) is 3. The zero-order chi connectivity index (χ0) is 16.8. The number of nitrogens with one attached hydrogen (secondary N) is 1. The Morgan fingerprint density at radius 1 is 1.09 bits per heavy atom. The quantitative estimate of drug-likeness (QED) is 0.853. The maximum absolute atomic E-state index is 13.2. The Morgan fingerprint density at radius 3 is 2.35 bits per heavy atom. The van der Waals surface area contributed by atoms with Gasteiger partial charge in [-0.25, -0.2) is 21.6 Å². The smallest absolute Gasteiger partial charge is 0.252 e. The standard InChI is InChI=1S/C15H10F3NO3S/c16-10-5-8(6-11(17)14(10)18)15(20)19-12-7-23(21,22)13-4-2-1-3-9(12)13/h1-6,12H,7H2,(H,19,20). The van der Waals surface area contributed by atoms with E-state index in [0.717, 1.165) is 0 Å². The Hall–Kier alpha value is -2.35. The molecular formula is C15H10F3NO3S. The molecule has 1 unspecified atom stereocenters. The van der Waals surface area contributed by atoms with Crippen molar-refractivity contribution in [3.05, 3.63) is 65.0 Å². The minimum absolute atomic E-state index is 0.113. The van der Waals surface area contributed by atoms with E-state index in [1.807, 2.05) is 0 Å². The fraction of sp³-hybridized carbons (Fsp3) is 0.133. The average Bonchev–Trinajstić information content (AvgIpc) is 2.76. The lowest BCUT2D eigenvalue weighted by atomic mass is 10.1. The molecule has 3 rings (SSSR count). The molecule has 1 N–H and O–H groups in total. The topological polar surface area (TPSA) is 63.2 Å². The summed E-state index contributed by atoms with van der Waals surface area (Å²) in [7, 11) is -3.53. The maximum Gasteiger partial charge on any atom is 0.252 e. The molecule has 0 saturated carbocycles. The molecule has 0 radical (unpaired) electrons. The molecule has 4 nitrogen and oxygen atoms in total. The lowest BCUT2D eigenvalue weighted by molar-refractivity contribution is 0.0939. The van der Waals surface area contributed by atoms with Gasteiger partial charge in [0.25, 0.3) is 5.91 Å². The molecular weight excluding hydrogens is 331 g/mol. The zero-order valence-electron chi connectivity index (χ0n) is 11.5. The van der Waals surface area contributed by atoms with E-state index in [1.54, 1.807) is 18.2 Å². The SMILES string of the molecule is O=C(NC1CS(=O)(=O)c2ccccc21)c1cc(F)c(F)c(F)c1. The van der Waals surface area contributed by atoms with Gasteiger partial charge in [0.1, 0.15) is 0 Å². The van der Waals surface area contributed by atoms with Crippen LogP contribution < -0.4 is 5.32 Å². The molecule has 0 fully saturated rings. The van der Waals surface area contributed by atoms with Crippen molar-refractivity contribution in [2.24, 2.45) is 0 Å². The van der Waals surface area contributed by atoms with Crippen LogP contribution in [0.15, 0.2) is 41.3 Å². The zero-order valence-corrected chi connectivity index (χ0v) is 12.3. The van der Waals surface area contributed by atoms with Gasteiger partial charge >= 0.3 is 0 Å². The molecule has 1 heterocycles. The second-order valence-corrected chi connectivity index (χ2v) is 7.10. The lowest BCUT2D eigenvalue weighted by Gasteiger charge is -2.13. The first-order valence-electron chi connectivity index (χ1n) is 6.56. The number of benzene rings is 2. The molecule has 2 aromatic carbocycles. The Labute approximate surface area is 129 Å². The second-order valence-electron chi connectivity index (χ2n) is 5.10. The fourth-order valence-corrected chi connectivity index (χ4v) is 4.23. The molecule has 0 bridgehead atoms. The molecule has 0 aromatic heterocycles. The summed E-state index contributed by atoms with van der Waals surface area (Å²) in [5, 5.41) is 2.41. The van der Waals surface area contributed by atoms with Crippen LogP contribution >= 0.6 is 0 Å². The Bertz CT molecular complexity index is 889.